The van der Waals surface area contributed by atoms with Crippen LogP contribution in [0.4, 0.5) is 0 Å². The van der Waals surface area contributed by atoms with Crippen molar-refractivity contribution in [3.8, 4) is 0 Å². The first-order valence-corrected chi connectivity index (χ1v) is 7.59. The van der Waals surface area contributed by atoms with Gasteiger partial charge in [0.25, 0.3) is 10.0 Å². The van der Waals surface area contributed by atoms with Crippen LogP contribution in [0, 0.1) is 13.8 Å². The third kappa shape index (κ3) is 3.24. The summed E-state index contributed by atoms with van der Waals surface area (Å²) in [7, 11) is -3.55. The maximum absolute atomic E-state index is 12.2. The third-order valence-corrected chi connectivity index (χ3v) is 4.40. The highest BCUT2D eigenvalue weighted by Gasteiger charge is 2.17. The summed E-state index contributed by atoms with van der Waals surface area (Å²) < 4.78 is 24.4. The van der Waals surface area contributed by atoms with Crippen molar-refractivity contribution in [3.63, 3.8) is 0 Å². The van der Waals surface area contributed by atoms with Crippen molar-refractivity contribution in [3.05, 3.63) is 52.7 Å². The Morgan fingerprint density at radius 3 is 2.53 bits per heavy atom. The first-order valence-electron chi connectivity index (χ1n) is 6.11. The van der Waals surface area contributed by atoms with Gasteiger partial charge < -0.3 is 5.43 Å². The molecule has 0 atom stereocenters. The van der Waals surface area contributed by atoms with E-state index in [0.717, 1.165) is 23.2 Å². The van der Waals surface area contributed by atoms with Crippen LogP contribution in [0.1, 0.15) is 24.5 Å². The van der Waals surface area contributed by atoms with Gasteiger partial charge in [-0.15, -0.1) is 4.83 Å². The zero-order valence-electron chi connectivity index (χ0n) is 11.3. The van der Waals surface area contributed by atoms with E-state index in [0.29, 0.717) is 4.90 Å². The van der Waals surface area contributed by atoms with Gasteiger partial charge in [0.05, 0.1) is 4.90 Å². The van der Waals surface area contributed by atoms with Crippen LogP contribution in [0.3, 0.4) is 0 Å². The molecule has 0 heterocycles. The zero-order chi connectivity index (χ0) is 14.0. The Labute approximate surface area is 114 Å². The van der Waals surface area contributed by atoms with Crippen molar-refractivity contribution in [2.75, 3.05) is 0 Å². The summed E-state index contributed by atoms with van der Waals surface area (Å²) >= 11 is 0. The van der Waals surface area contributed by atoms with E-state index >= 15 is 0 Å². The highest BCUT2D eigenvalue weighted by molar-refractivity contribution is 7.89. The molecule has 0 aromatic heterocycles. The van der Waals surface area contributed by atoms with E-state index in [2.05, 4.69) is 10.3 Å². The monoisotopic (exact) mass is 278 g/mol. The highest BCUT2D eigenvalue weighted by atomic mass is 32.2. The number of allylic oxidation sites excluding steroid dienone is 3. The molecule has 1 aromatic rings. The number of nitrogens with one attached hydrogen (secondary N) is 2. The number of benzene rings is 1. The van der Waals surface area contributed by atoms with E-state index in [4.69, 9.17) is 0 Å². The van der Waals surface area contributed by atoms with E-state index in [-0.39, 0.29) is 0 Å². The van der Waals surface area contributed by atoms with Crippen molar-refractivity contribution < 1.29 is 8.42 Å². The van der Waals surface area contributed by atoms with E-state index in [1.54, 1.807) is 13.0 Å². The fraction of sp³-hybridized carbons (Fsp3) is 0.286. The molecule has 0 saturated heterocycles. The molecule has 1 aliphatic rings. The van der Waals surface area contributed by atoms with Crippen LogP contribution >= 0.6 is 0 Å². The highest BCUT2D eigenvalue weighted by Crippen LogP contribution is 2.17. The molecule has 0 saturated carbocycles. The molecular weight excluding hydrogens is 260 g/mol. The lowest BCUT2D eigenvalue weighted by atomic mass is 10.2. The van der Waals surface area contributed by atoms with Gasteiger partial charge in [0.2, 0.25) is 0 Å². The molecule has 0 unspecified atom stereocenters. The summed E-state index contributed by atoms with van der Waals surface area (Å²) in [4.78, 5) is 2.72. The van der Waals surface area contributed by atoms with Crippen LogP contribution in [-0.2, 0) is 10.0 Å². The number of aryl methyl sites for hydroxylation is 2. The molecule has 102 valence electrons. The lowest BCUT2D eigenvalue weighted by Crippen LogP contribution is -2.36. The van der Waals surface area contributed by atoms with Crippen molar-refractivity contribution >= 4 is 10.0 Å². The maximum atomic E-state index is 12.2. The summed E-state index contributed by atoms with van der Waals surface area (Å²) in [6, 6.07) is 5.37. The van der Waals surface area contributed by atoms with Crippen LogP contribution < -0.4 is 10.3 Å². The number of hydrazine groups is 1. The van der Waals surface area contributed by atoms with E-state index in [1.165, 1.54) is 5.57 Å². The quantitative estimate of drug-likeness (QED) is 0.831. The van der Waals surface area contributed by atoms with Crippen LogP contribution in [-0.4, -0.2) is 8.42 Å². The second-order valence-corrected chi connectivity index (χ2v) is 6.50. The van der Waals surface area contributed by atoms with Crippen LogP contribution in [0.25, 0.3) is 0 Å². The largest absolute Gasteiger partial charge is 0.308 e. The van der Waals surface area contributed by atoms with Gasteiger partial charge in [-0.3, -0.25) is 0 Å². The normalized spacial score (nSPS) is 15.1. The van der Waals surface area contributed by atoms with Crippen molar-refractivity contribution in [1.82, 2.24) is 10.3 Å². The van der Waals surface area contributed by atoms with Gasteiger partial charge in [-0.2, -0.15) is 0 Å². The average Bonchev–Trinajstić information content (AvgIpc) is 2.76. The van der Waals surface area contributed by atoms with Crippen molar-refractivity contribution in [2.24, 2.45) is 0 Å². The Bertz CT molecular complexity index is 658. The number of hydrogen-bond donors (Lipinski definition) is 2. The predicted molar refractivity (Wildman–Crippen MR) is 75.8 cm³/mol. The second kappa shape index (κ2) is 5.19. The lowest BCUT2D eigenvalue weighted by Gasteiger charge is -2.11. The maximum Gasteiger partial charge on any atom is 0.257 e. The second-order valence-electron chi connectivity index (χ2n) is 4.85. The molecule has 0 radical (unpaired) electrons. The van der Waals surface area contributed by atoms with E-state index in [1.807, 2.05) is 38.1 Å². The van der Waals surface area contributed by atoms with Crippen LogP contribution in [0.15, 0.2) is 46.5 Å². The van der Waals surface area contributed by atoms with Crippen LogP contribution in [0.5, 0.6) is 0 Å². The van der Waals surface area contributed by atoms with E-state index < -0.39 is 10.0 Å². The van der Waals surface area contributed by atoms with Gasteiger partial charge in [-0.05, 0) is 50.5 Å². The van der Waals surface area contributed by atoms with Gasteiger partial charge in [0, 0.05) is 5.70 Å². The summed E-state index contributed by atoms with van der Waals surface area (Å²) in [6.07, 6.45) is 4.72. The molecule has 0 spiro atoms. The molecule has 0 bridgehead atoms. The Balaban J connectivity index is 2.17. The summed E-state index contributed by atoms with van der Waals surface area (Å²) in [5.41, 5.74) is 6.38. The minimum Gasteiger partial charge on any atom is -0.308 e. The Morgan fingerprint density at radius 2 is 1.89 bits per heavy atom. The molecular formula is C14H18N2O2S. The molecule has 1 aliphatic carbocycles. The molecule has 1 aromatic carbocycles. The smallest absolute Gasteiger partial charge is 0.257 e. The van der Waals surface area contributed by atoms with Crippen LogP contribution in [0.2, 0.25) is 0 Å². The molecule has 2 rings (SSSR count). The topological polar surface area (TPSA) is 58.2 Å². The SMILES string of the molecule is CC1=CC(NNS(=O)(=O)c2cc(C)ccc2C)=CC1. The number of sulfonamides is 1. The molecule has 0 aliphatic heterocycles. The van der Waals surface area contributed by atoms with E-state index in [9.17, 15) is 8.42 Å². The standard InChI is InChI=1S/C14H18N2O2S/c1-10-5-7-13(8-10)15-16-19(17,18)14-9-11(2)4-6-12(14)3/h4,6-9,15-16H,5H2,1-3H3. The van der Waals surface area contributed by atoms with Gasteiger partial charge in [-0.1, -0.05) is 23.8 Å². The summed E-state index contributed by atoms with van der Waals surface area (Å²) in [6.45, 7) is 5.66. The Morgan fingerprint density at radius 1 is 1.16 bits per heavy atom. The fourth-order valence-electron chi connectivity index (χ4n) is 1.92. The van der Waals surface area contributed by atoms with Gasteiger partial charge in [0.1, 0.15) is 0 Å². The minimum atomic E-state index is -3.55. The number of hydrogen-bond acceptors (Lipinski definition) is 3. The predicted octanol–water partition coefficient (Wildman–Crippen LogP) is 2.32. The molecule has 0 fully saturated rings. The number of rotatable bonds is 4. The summed E-state index contributed by atoms with van der Waals surface area (Å²) in [5.74, 6) is 0. The fourth-order valence-corrected chi connectivity index (χ4v) is 3.11. The zero-order valence-corrected chi connectivity index (χ0v) is 12.1. The van der Waals surface area contributed by atoms with Gasteiger partial charge in [0.15, 0.2) is 0 Å². The Hall–Kier alpha value is -1.59. The van der Waals surface area contributed by atoms with Crippen molar-refractivity contribution in [2.45, 2.75) is 32.1 Å². The first kappa shape index (κ1) is 13.8. The van der Waals surface area contributed by atoms with Gasteiger partial charge >= 0.3 is 0 Å². The minimum absolute atomic E-state index is 0.305. The first-order chi connectivity index (χ1) is 8.88. The molecule has 0 amide bonds. The molecule has 4 nitrogen and oxygen atoms in total. The Kier molecular flexibility index (Phi) is 3.78. The summed E-state index contributed by atoms with van der Waals surface area (Å²) in [5, 5.41) is 0. The third-order valence-electron chi connectivity index (χ3n) is 3.01. The lowest BCUT2D eigenvalue weighted by molar-refractivity contribution is 0.571. The van der Waals surface area contributed by atoms with Gasteiger partial charge in [-0.25, -0.2) is 8.42 Å². The molecule has 2 N–H and O–H groups in total. The molecule has 19 heavy (non-hydrogen) atoms. The molecule has 5 heteroatoms. The average molecular weight is 278 g/mol. The van der Waals surface area contributed by atoms with Crippen molar-refractivity contribution in [1.29, 1.82) is 0 Å².